The van der Waals surface area contributed by atoms with Crippen LogP contribution in [0.25, 0.3) is 0 Å². The maximum atomic E-state index is 12.9. The first-order valence-corrected chi connectivity index (χ1v) is 8.01. The van der Waals surface area contributed by atoms with E-state index in [2.05, 4.69) is 0 Å². The number of anilines is 1. The molecule has 2 aliphatic rings. The maximum absolute atomic E-state index is 12.9. The molecule has 1 aromatic heterocycles. The van der Waals surface area contributed by atoms with Crippen molar-refractivity contribution in [1.29, 1.82) is 0 Å². The molecule has 6 nitrogen and oxygen atoms in total. The Bertz CT molecular complexity index is 757. The number of para-hydroxylation sites is 1. The fraction of sp³-hybridized carbons (Fsp3) is 0.333. The van der Waals surface area contributed by atoms with E-state index in [-0.39, 0.29) is 17.9 Å². The minimum atomic E-state index is -0.810. The molecule has 3 unspecified atom stereocenters. The molecule has 0 radical (unpaired) electrons. The standard InChI is InChI=1S/C18H18N2O4/c1-11(2)19-17(21)14-15(13-9-6-10-23-13)20(24-16(14)18(19)22)12-7-4-3-5-8-12/h3-11,14-16H,1-2H3. The first-order valence-electron chi connectivity index (χ1n) is 8.01. The van der Waals surface area contributed by atoms with Gasteiger partial charge in [-0.1, -0.05) is 18.2 Å². The summed E-state index contributed by atoms with van der Waals surface area (Å²) in [7, 11) is 0. The van der Waals surface area contributed by atoms with Crippen molar-refractivity contribution in [2.75, 3.05) is 5.06 Å². The van der Waals surface area contributed by atoms with Crippen LogP contribution >= 0.6 is 0 Å². The lowest BCUT2D eigenvalue weighted by Crippen LogP contribution is -2.41. The molecule has 0 aliphatic carbocycles. The van der Waals surface area contributed by atoms with Gasteiger partial charge in [0.05, 0.1) is 12.0 Å². The quantitative estimate of drug-likeness (QED) is 0.811. The second-order valence-electron chi connectivity index (χ2n) is 6.31. The SMILES string of the molecule is CC(C)N1C(=O)C2ON(c3ccccc3)C(c3ccco3)C2C1=O. The third-order valence-corrected chi connectivity index (χ3v) is 4.51. The predicted molar refractivity (Wildman–Crippen MR) is 85.7 cm³/mol. The van der Waals surface area contributed by atoms with Crippen molar-refractivity contribution >= 4 is 17.5 Å². The Labute approximate surface area is 139 Å². The molecule has 0 saturated carbocycles. The summed E-state index contributed by atoms with van der Waals surface area (Å²) < 4.78 is 5.55. The van der Waals surface area contributed by atoms with Gasteiger partial charge in [0, 0.05) is 6.04 Å². The number of carbonyl (C=O) groups excluding carboxylic acids is 2. The number of nitrogens with zero attached hydrogens (tertiary/aromatic N) is 2. The molecule has 2 amide bonds. The van der Waals surface area contributed by atoms with E-state index in [1.165, 1.54) is 4.90 Å². The smallest absolute Gasteiger partial charge is 0.262 e. The number of imide groups is 1. The summed E-state index contributed by atoms with van der Waals surface area (Å²) in [4.78, 5) is 32.8. The molecule has 2 aliphatic heterocycles. The number of carbonyl (C=O) groups is 2. The lowest BCUT2D eigenvalue weighted by atomic mass is 9.94. The number of benzene rings is 1. The van der Waals surface area contributed by atoms with Gasteiger partial charge >= 0.3 is 0 Å². The Hall–Kier alpha value is -2.60. The van der Waals surface area contributed by atoms with Crippen molar-refractivity contribution in [1.82, 2.24) is 4.90 Å². The Balaban J connectivity index is 1.78. The zero-order valence-electron chi connectivity index (χ0n) is 13.5. The third-order valence-electron chi connectivity index (χ3n) is 4.51. The van der Waals surface area contributed by atoms with E-state index in [0.29, 0.717) is 5.76 Å². The Morgan fingerprint density at radius 2 is 1.75 bits per heavy atom. The number of furan rings is 1. The van der Waals surface area contributed by atoms with E-state index >= 15 is 0 Å². The molecule has 4 rings (SSSR count). The highest BCUT2D eigenvalue weighted by Gasteiger charge is 2.61. The van der Waals surface area contributed by atoms with Crippen LogP contribution in [0.4, 0.5) is 5.69 Å². The van der Waals surface area contributed by atoms with Crippen molar-refractivity contribution < 1.29 is 18.8 Å². The number of likely N-dealkylation sites (tertiary alicyclic amines) is 1. The maximum Gasteiger partial charge on any atom is 0.262 e. The van der Waals surface area contributed by atoms with E-state index in [1.807, 2.05) is 50.2 Å². The second-order valence-corrected chi connectivity index (χ2v) is 6.31. The lowest BCUT2D eigenvalue weighted by molar-refractivity contribution is -0.145. The van der Waals surface area contributed by atoms with Gasteiger partial charge in [-0.25, -0.2) is 5.06 Å². The number of rotatable bonds is 3. The largest absolute Gasteiger partial charge is 0.467 e. The summed E-state index contributed by atoms with van der Waals surface area (Å²) in [5, 5.41) is 1.63. The van der Waals surface area contributed by atoms with Gasteiger partial charge in [-0.3, -0.25) is 19.3 Å². The van der Waals surface area contributed by atoms with Gasteiger partial charge in [0.2, 0.25) is 5.91 Å². The van der Waals surface area contributed by atoms with Crippen molar-refractivity contribution in [2.24, 2.45) is 5.92 Å². The monoisotopic (exact) mass is 326 g/mol. The molecule has 24 heavy (non-hydrogen) atoms. The average Bonchev–Trinajstić information content (AvgIpc) is 3.26. The van der Waals surface area contributed by atoms with E-state index in [0.717, 1.165) is 5.69 Å². The highest BCUT2D eigenvalue weighted by Crippen LogP contribution is 2.47. The molecule has 3 atom stereocenters. The number of hydroxylamine groups is 1. The van der Waals surface area contributed by atoms with Crippen LogP contribution in [0.5, 0.6) is 0 Å². The minimum Gasteiger partial charge on any atom is -0.467 e. The van der Waals surface area contributed by atoms with Crippen LogP contribution in [0.15, 0.2) is 53.1 Å². The van der Waals surface area contributed by atoms with Crippen LogP contribution in [0.1, 0.15) is 25.6 Å². The highest BCUT2D eigenvalue weighted by atomic mass is 16.7. The van der Waals surface area contributed by atoms with Crippen molar-refractivity contribution in [3.63, 3.8) is 0 Å². The second kappa shape index (κ2) is 5.49. The molecule has 2 fully saturated rings. The first kappa shape index (κ1) is 15.0. The summed E-state index contributed by atoms with van der Waals surface area (Å²) in [6.07, 6.45) is 0.753. The molecule has 3 heterocycles. The normalized spacial score (nSPS) is 26.5. The lowest BCUT2D eigenvalue weighted by Gasteiger charge is -2.28. The summed E-state index contributed by atoms with van der Waals surface area (Å²) in [5.41, 5.74) is 0.782. The summed E-state index contributed by atoms with van der Waals surface area (Å²) in [6.45, 7) is 3.65. The molecule has 6 heteroatoms. The van der Waals surface area contributed by atoms with Crippen LogP contribution < -0.4 is 5.06 Å². The van der Waals surface area contributed by atoms with Crippen LogP contribution in [0.2, 0.25) is 0 Å². The summed E-state index contributed by atoms with van der Waals surface area (Å²) >= 11 is 0. The molecule has 0 spiro atoms. The van der Waals surface area contributed by atoms with Gasteiger partial charge in [0.1, 0.15) is 17.7 Å². The topological polar surface area (TPSA) is 63.0 Å². The fourth-order valence-corrected chi connectivity index (χ4v) is 3.49. The van der Waals surface area contributed by atoms with E-state index in [4.69, 9.17) is 9.25 Å². The van der Waals surface area contributed by atoms with Crippen LogP contribution in [0, 0.1) is 5.92 Å². The molecular formula is C18H18N2O4. The zero-order chi connectivity index (χ0) is 16.8. The highest BCUT2D eigenvalue weighted by molar-refractivity contribution is 6.08. The van der Waals surface area contributed by atoms with Crippen molar-refractivity contribution in [3.8, 4) is 0 Å². The molecule has 124 valence electrons. The molecule has 2 saturated heterocycles. The number of hydrogen-bond acceptors (Lipinski definition) is 5. The van der Waals surface area contributed by atoms with Gasteiger partial charge in [0.15, 0.2) is 6.10 Å². The van der Waals surface area contributed by atoms with Gasteiger partial charge in [-0.2, -0.15) is 0 Å². The van der Waals surface area contributed by atoms with Crippen molar-refractivity contribution in [3.05, 3.63) is 54.5 Å². The van der Waals surface area contributed by atoms with Crippen LogP contribution in [-0.4, -0.2) is 28.9 Å². The van der Waals surface area contributed by atoms with Gasteiger partial charge in [0.25, 0.3) is 5.91 Å². The number of fused-ring (bicyclic) bond motifs is 1. The first-order chi connectivity index (χ1) is 11.6. The van der Waals surface area contributed by atoms with Crippen LogP contribution in [0.3, 0.4) is 0 Å². The average molecular weight is 326 g/mol. The third kappa shape index (κ3) is 2.06. The fourth-order valence-electron chi connectivity index (χ4n) is 3.49. The zero-order valence-corrected chi connectivity index (χ0v) is 13.5. The van der Waals surface area contributed by atoms with Crippen molar-refractivity contribution in [2.45, 2.75) is 32.0 Å². The van der Waals surface area contributed by atoms with E-state index in [1.54, 1.807) is 17.4 Å². The summed E-state index contributed by atoms with van der Waals surface area (Å²) in [6, 6.07) is 12.4. The Morgan fingerprint density at radius 3 is 2.38 bits per heavy atom. The van der Waals surface area contributed by atoms with E-state index in [9.17, 15) is 9.59 Å². The number of amides is 2. The van der Waals surface area contributed by atoms with Crippen LogP contribution in [-0.2, 0) is 14.4 Å². The molecule has 0 bridgehead atoms. The molecule has 1 aromatic carbocycles. The summed E-state index contributed by atoms with van der Waals surface area (Å²) in [5.74, 6) is -0.487. The number of hydrogen-bond donors (Lipinski definition) is 0. The van der Waals surface area contributed by atoms with E-state index < -0.39 is 18.1 Å². The van der Waals surface area contributed by atoms with Gasteiger partial charge in [-0.15, -0.1) is 0 Å². The predicted octanol–water partition coefficient (Wildman–Crippen LogP) is 2.53. The minimum absolute atomic E-state index is 0.193. The van der Waals surface area contributed by atoms with Gasteiger partial charge < -0.3 is 4.42 Å². The molecule has 0 N–H and O–H groups in total. The van der Waals surface area contributed by atoms with Gasteiger partial charge in [-0.05, 0) is 38.1 Å². The Kier molecular flexibility index (Phi) is 3.42. The molecule has 2 aromatic rings. The molecular weight excluding hydrogens is 308 g/mol. The Morgan fingerprint density at radius 1 is 1.00 bits per heavy atom.